The van der Waals surface area contributed by atoms with Gasteiger partial charge in [0.05, 0.1) is 20.1 Å². The maximum Gasteiger partial charge on any atom is 0.256 e. The van der Waals surface area contributed by atoms with Crippen LogP contribution in [0.15, 0.2) is 66.7 Å². The molecule has 0 spiro atoms. The number of carbonyl (C=O) groups is 2. The molecule has 0 fully saturated rings. The van der Waals surface area contributed by atoms with Crippen molar-refractivity contribution in [2.45, 2.75) is 65.1 Å². The number of methoxy groups -OCH3 is 1. The van der Waals surface area contributed by atoms with Gasteiger partial charge in [0, 0.05) is 34.9 Å². The molecule has 9 nitrogen and oxygen atoms in total. The van der Waals surface area contributed by atoms with Crippen molar-refractivity contribution in [2.75, 3.05) is 51.3 Å². The minimum Gasteiger partial charge on any atom is -0.492 e. The SMILES string of the molecule is COc1c(OCCCNCCCc2ccccc2)cccc1[C@H]1O[C@H](CC(=O)NCCCN)C(=O)N(CC(C)(C)C)c2ccc(Cl)cc21.Cl.Cl. The molecule has 1 aliphatic rings. The highest BCUT2D eigenvalue weighted by atomic mass is 35.5. The summed E-state index contributed by atoms with van der Waals surface area (Å²) in [5, 5.41) is 6.87. The minimum atomic E-state index is -1.05. The summed E-state index contributed by atoms with van der Waals surface area (Å²) in [5.74, 6) is 0.516. The monoisotopic (exact) mass is 750 g/mol. The maximum atomic E-state index is 14.2. The fraction of sp³-hybridized carbons (Fsp3) is 0.474. The predicted molar refractivity (Wildman–Crippen MR) is 207 cm³/mol. The number of amides is 2. The predicted octanol–water partition coefficient (Wildman–Crippen LogP) is 6.91. The van der Waals surface area contributed by atoms with E-state index >= 15 is 0 Å². The zero-order chi connectivity index (χ0) is 34.5. The van der Waals surface area contributed by atoms with Crippen LogP contribution in [0.4, 0.5) is 5.69 Å². The number of carbonyl (C=O) groups excluding carboxylic acids is 2. The van der Waals surface area contributed by atoms with Gasteiger partial charge in [-0.15, -0.1) is 24.8 Å². The fourth-order valence-electron chi connectivity index (χ4n) is 5.79. The molecule has 0 saturated heterocycles. The average Bonchev–Trinajstić information content (AvgIpc) is 3.16. The summed E-state index contributed by atoms with van der Waals surface area (Å²) < 4.78 is 18.8. The third-order valence-corrected chi connectivity index (χ3v) is 8.26. The molecular weight excluding hydrogens is 699 g/mol. The van der Waals surface area contributed by atoms with Gasteiger partial charge in [-0.2, -0.15) is 0 Å². The first-order chi connectivity index (χ1) is 23.1. The zero-order valence-electron chi connectivity index (χ0n) is 29.5. The molecular formula is C38H53Cl3N4O5. The number of rotatable bonds is 17. The Bertz CT molecular complexity index is 1490. The van der Waals surface area contributed by atoms with Gasteiger partial charge in [-0.25, -0.2) is 0 Å². The van der Waals surface area contributed by atoms with Gasteiger partial charge in [-0.05, 0) is 80.6 Å². The van der Waals surface area contributed by atoms with Gasteiger partial charge in [0.2, 0.25) is 5.91 Å². The lowest BCUT2D eigenvalue weighted by Crippen LogP contribution is -2.45. The van der Waals surface area contributed by atoms with Gasteiger partial charge in [-0.3, -0.25) is 9.59 Å². The zero-order valence-corrected chi connectivity index (χ0v) is 31.9. The van der Waals surface area contributed by atoms with Crippen LogP contribution in [-0.2, 0) is 20.7 Å². The second kappa shape index (κ2) is 21.3. The van der Waals surface area contributed by atoms with Crippen molar-refractivity contribution >= 4 is 53.9 Å². The van der Waals surface area contributed by atoms with Crippen molar-refractivity contribution in [2.24, 2.45) is 11.1 Å². The van der Waals surface area contributed by atoms with Crippen molar-refractivity contribution in [3.63, 3.8) is 0 Å². The minimum absolute atomic E-state index is 0. The van der Waals surface area contributed by atoms with Crippen LogP contribution >= 0.6 is 36.4 Å². The lowest BCUT2D eigenvalue weighted by atomic mass is 9.94. The smallest absolute Gasteiger partial charge is 0.256 e. The summed E-state index contributed by atoms with van der Waals surface area (Å²) in [6, 6.07) is 21.6. The van der Waals surface area contributed by atoms with E-state index in [1.807, 2.05) is 36.4 Å². The molecule has 2 atom stereocenters. The molecule has 3 aromatic rings. The summed E-state index contributed by atoms with van der Waals surface area (Å²) in [4.78, 5) is 28.9. The normalized spacial score (nSPS) is 15.6. The van der Waals surface area contributed by atoms with Crippen molar-refractivity contribution in [1.29, 1.82) is 0 Å². The number of anilines is 1. The molecule has 276 valence electrons. The number of halogens is 3. The van der Waals surface area contributed by atoms with Gasteiger partial charge >= 0.3 is 0 Å². The van der Waals surface area contributed by atoms with E-state index in [0.29, 0.717) is 66.0 Å². The molecule has 3 aromatic carbocycles. The van der Waals surface area contributed by atoms with E-state index in [1.165, 1.54) is 5.56 Å². The summed E-state index contributed by atoms with van der Waals surface area (Å²) in [7, 11) is 1.59. The van der Waals surface area contributed by atoms with E-state index in [9.17, 15) is 9.59 Å². The number of benzene rings is 3. The Kier molecular flexibility index (Phi) is 18.4. The third-order valence-electron chi connectivity index (χ3n) is 8.02. The molecule has 1 aliphatic heterocycles. The summed E-state index contributed by atoms with van der Waals surface area (Å²) in [5.41, 5.74) is 8.79. The van der Waals surface area contributed by atoms with Gasteiger partial charge < -0.3 is 35.5 Å². The highest BCUT2D eigenvalue weighted by Gasteiger charge is 2.40. The van der Waals surface area contributed by atoms with Gasteiger partial charge in [0.1, 0.15) is 12.2 Å². The topological polar surface area (TPSA) is 115 Å². The molecule has 2 amide bonds. The number of aryl methyl sites for hydroxylation is 1. The molecule has 0 aliphatic carbocycles. The van der Waals surface area contributed by atoms with Gasteiger partial charge in [-0.1, -0.05) is 74.8 Å². The molecule has 1 heterocycles. The van der Waals surface area contributed by atoms with Crippen molar-refractivity contribution < 1.29 is 23.8 Å². The first-order valence-electron chi connectivity index (χ1n) is 16.9. The molecule has 0 radical (unpaired) electrons. The van der Waals surface area contributed by atoms with Crippen LogP contribution in [0.2, 0.25) is 5.02 Å². The number of nitrogens with one attached hydrogen (secondary N) is 2. The molecule has 0 saturated carbocycles. The Hall–Kier alpha value is -3.05. The van der Waals surface area contributed by atoms with Crippen LogP contribution in [0.25, 0.3) is 0 Å². The molecule has 4 N–H and O–H groups in total. The largest absolute Gasteiger partial charge is 0.492 e. The Balaban J connectivity index is 0.00000433. The summed E-state index contributed by atoms with van der Waals surface area (Å²) in [6.45, 7) is 9.76. The highest BCUT2D eigenvalue weighted by molar-refractivity contribution is 6.30. The first kappa shape index (κ1) is 43.1. The van der Waals surface area contributed by atoms with E-state index in [1.54, 1.807) is 18.1 Å². The van der Waals surface area contributed by atoms with Gasteiger partial charge in [0.15, 0.2) is 11.5 Å². The number of nitrogens with two attached hydrogens (primary N) is 1. The Morgan fingerprint density at radius 1 is 0.960 bits per heavy atom. The summed E-state index contributed by atoms with van der Waals surface area (Å²) in [6.07, 6.45) is 1.61. The quantitative estimate of drug-likeness (QED) is 0.129. The van der Waals surface area contributed by atoms with Crippen LogP contribution in [0.3, 0.4) is 0 Å². The van der Waals surface area contributed by atoms with E-state index in [-0.39, 0.29) is 48.5 Å². The molecule has 0 unspecified atom stereocenters. The van der Waals surface area contributed by atoms with E-state index in [0.717, 1.165) is 32.4 Å². The molecule has 4 rings (SSSR count). The number of para-hydroxylation sites is 1. The molecule has 0 aromatic heterocycles. The van der Waals surface area contributed by atoms with E-state index < -0.39 is 12.2 Å². The second-order valence-electron chi connectivity index (χ2n) is 13.3. The van der Waals surface area contributed by atoms with Crippen LogP contribution in [-0.4, -0.2) is 64.4 Å². The van der Waals surface area contributed by atoms with E-state index in [2.05, 4.69) is 55.7 Å². The lowest BCUT2D eigenvalue weighted by molar-refractivity contribution is -0.138. The molecule has 0 bridgehead atoms. The van der Waals surface area contributed by atoms with Gasteiger partial charge in [0.25, 0.3) is 5.91 Å². The van der Waals surface area contributed by atoms with Crippen LogP contribution < -0.4 is 30.7 Å². The van der Waals surface area contributed by atoms with Crippen molar-refractivity contribution in [3.8, 4) is 11.5 Å². The fourth-order valence-corrected chi connectivity index (χ4v) is 5.97. The number of fused-ring (bicyclic) bond motifs is 1. The van der Waals surface area contributed by atoms with E-state index in [4.69, 9.17) is 31.5 Å². The van der Waals surface area contributed by atoms with Crippen LogP contribution in [0.5, 0.6) is 11.5 Å². The number of nitrogens with zero attached hydrogens (tertiary/aromatic N) is 1. The molecule has 50 heavy (non-hydrogen) atoms. The molecule has 12 heteroatoms. The Morgan fingerprint density at radius 2 is 1.70 bits per heavy atom. The maximum absolute atomic E-state index is 14.2. The first-order valence-corrected chi connectivity index (χ1v) is 17.3. The standard InChI is InChI=1S/C38H51ClN4O5.2ClH/c1-38(2,3)26-43-31-18-17-28(39)24-30(31)35(48-33(37(43)45)25-34(44)42-22-10-19-40)29-15-8-16-32(36(29)46-4)47-23-11-21-41-20-9-14-27-12-6-5-7-13-27;;/h5-8,12-13,15-18,24,33,35,41H,9-11,14,19-23,25-26,40H2,1-4H3,(H,42,44);2*1H/t33-,35-;;/m1../s1. The van der Waals surface area contributed by atoms with Crippen LogP contribution in [0, 0.1) is 5.41 Å². The number of hydrogen-bond donors (Lipinski definition) is 3. The van der Waals surface area contributed by atoms with Crippen molar-refractivity contribution in [3.05, 3.63) is 88.4 Å². The number of hydrogen-bond acceptors (Lipinski definition) is 7. The third kappa shape index (κ3) is 12.6. The van der Waals surface area contributed by atoms with Crippen LogP contribution in [0.1, 0.15) is 69.2 Å². The lowest BCUT2D eigenvalue weighted by Gasteiger charge is -2.31. The Morgan fingerprint density at radius 3 is 2.40 bits per heavy atom. The Labute approximate surface area is 314 Å². The summed E-state index contributed by atoms with van der Waals surface area (Å²) >= 11 is 6.56. The second-order valence-corrected chi connectivity index (χ2v) is 13.7. The highest BCUT2D eigenvalue weighted by Crippen LogP contribution is 2.45. The number of ether oxygens (including phenoxy) is 3. The van der Waals surface area contributed by atoms with Crippen molar-refractivity contribution in [1.82, 2.24) is 10.6 Å². The average molecular weight is 752 g/mol.